The van der Waals surface area contributed by atoms with Gasteiger partial charge in [-0.25, -0.2) is 8.78 Å². The molecule has 2 rings (SSSR count). The minimum absolute atomic E-state index is 0.137. The third kappa shape index (κ3) is 2.42. The van der Waals surface area contributed by atoms with Crippen LogP contribution in [0, 0.1) is 21.7 Å². The first-order chi connectivity index (χ1) is 8.58. The van der Waals surface area contributed by atoms with Crippen LogP contribution in [-0.2, 0) is 0 Å². The Morgan fingerprint density at radius 3 is 2.44 bits per heavy atom. The Balaban J connectivity index is 2.34. The van der Waals surface area contributed by atoms with Gasteiger partial charge in [0.15, 0.2) is 11.6 Å². The van der Waals surface area contributed by atoms with E-state index < -0.39 is 16.6 Å². The molecule has 0 bridgehead atoms. The van der Waals surface area contributed by atoms with Gasteiger partial charge in [-0.1, -0.05) is 12.1 Å². The van der Waals surface area contributed by atoms with E-state index in [4.69, 9.17) is 0 Å². The Hall–Kier alpha value is -2.50. The molecule has 6 heteroatoms. The van der Waals surface area contributed by atoms with Crippen molar-refractivity contribution in [3.05, 3.63) is 64.2 Å². The SMILES string of the molecule is O=[N+]([O-])c1ccccc1Nc1ccc(F)c(F)c1. The first kappa shape index (κ1) is 12.0. The minimum Gasteiger partial charge on any atom is -0.350 e. The van der Waals surface area contributed by atoms with E-state index in [1.54, 1.807) is 6.07 Å². The van der Waals surface area contributed by atoms with E-state index in [-0.39, 0.29) is 17.1 Å². The fourth-order valence-electron chi connectivity index (χ4n) is 1.47. The number of para-hydroxylation sites is 2. The largest absolute Gasteiger partial charge is 0.350 e. The molecule has 0 spiro atoms. The number of anilines is 2. The van der Waals surface area contributed by atoms with Crippen LogP contribution in [0.3, 0.4) is 0 Å². The Morgan fingerprint density at radius 2 is 1.78 bits per heavy atom. The summed E-state index contributed by atoms with van der Waals surface area (Å²) in [6.07, 6.45) is 0. The lowest BCUT2D eigenvalue weighted by atomic mass is 10.2. The van der Waals surface area contributed by atoms with Crippen LogP contribution < -0.4 is 5.32 Å². The van der Waals surface area contributed by atoms with Crippen LogP contribution in [0.5, 0.6) is 0 Å². The molecule has 0 unspecified atom stereocenters. The predicted molar refractivity (Wildman–Crippen MR) is 62.7 cm³/mol. The second-order valence-electron chi connectivity index (χ2n) is 3.53. The van der Waals surface area contributed by atoms with E-state index in [1.807, 2.05) is 0 Å². The molecule has 0 amide bonds. The molecule has 0 aromatic heterocycles. The van der Waals surface area contributed by atoms with Crippen molar-refractivity contribution in [3.8, 4) is 0 Å². The minimum atomic E-state index is -1.02. The van der Waals surface area contributed by atoms with Crippen LogP contribution in [0.15, 0.2) is 42.5 Å². The number of nitro groups is 1. The zero-order valence-corrected chi connectivity index (χ0v) is 9.06. The zero-order chi connectivity index (χ0) is 13.1. The van der Waals surface area contributed by atoms with E-state index in [9.17, 15) is 18.9 Å². The van der Waals surface area contributed by atoms with Gasteiger partial charge in [-0.3, -0.25) is 10.1 Å². The summed E-state index contributed by atoms with van der Waals surface area (Å²) in [7, 11) is 0. The summed E-state index contributed by atoms with van der Waals surface area (Å²) in [5.74, 6) is -1.98. The van der Waals surface area contributed by atoms with Crippen molar-refractivity contribution in [3.63, 3.8) is 0 Å². The van der Waals surface area contributed by atoms with Gasteiger partial charge < -0.3 is 5.32 Å². The van der Waals surface area contributed by atoms with Gasteiger partial charge in [0.2, 0.25) is 0 Å². The second kappa shape index (κ2) is 4.79. The summed E-state index contributed by atoms with van der Waals surface area (Å²) in [6.45, 7) is 0. The quantitative estimate of drug-likeness (QED) is 0.668. The monoisotopic (exact) mass is 250 g/mol. The van der Waals surface area contributed by atoms with Gasteiger partial charge in [0.25, 0.3) is 5.69 Å². The van der Waals surface area contributed by atoms with Gasteiger partial charge >= 0.3 is 0 Å². The van der Waals surface area contributed by atoms with E-state index >= 15 is 0 Å². The Morgan fingerprint density at radius 1 is 1.06 bits per heavy atom. The number of benzene rings is 2. The average Bonchev–Trinajstić information content (AvgIpc) is 2.34. The van der Waals surface area contributed by atoms with E-state index in [0.717, 1.165) is 12.1 Å². The van der Waals surface area contributed by atoms with Crippen molar-refractivity contribution in [2.24, 2.45) is 0 Å². The number of nitrogens with one attached hydrogen (secondary N) is 1. The van der Waals surface area contributed by atoms with Crippen molar-refractivity contribution in [2.45, 2.75) is 0 Å². The summed E-state index contributed by atoms with van der Waals surface area (Å²) < 4.78 is 25.7. The van der Waals surface area contributed by atoms with Gasteiger partial charge in [-0.15, -0.1) is 0 Å². The Bertz CT molecular complexity index is 602. The predicted octanol–water partition coefficient (Wildman–Crippen LogP) is 3.62. The third-order valence-electron chi connectivity index (χ3n) is 2.30. The van der Waals surface area contributed by atoms with E-state index in [2.05, 4.69) is 5.32 Å². The first-order valence-corrected chi connectivity index (χ1v) is 5.03. The van der Waals surface area contributed by atoms with Crippen molar-refractivity contribution < 1.29 is 13.7 Å². The third-order valence-corrected chi connectivity index (χ3v) is 2.30. The van der Waals surface area contributed by atoms with Gasteiger partial charge in [0, 0.05) is 17.8 Å². The van der Waals surface area contributed by atoms with Crippen molar-refractivity contribution in [1.29, 1.82) is 0 Å². The molecule has 0 saturated heterocycles. The van der Waals surface area contributed by atoms with Crippen molar-refractivity contribution >= 4 is 17.1 Å². The zero-order valence-electron chi connectivity index (χ0n) is 9.06. The standard InChI is InChI=1S/C12H8F2N2O2/c13-9-6-5-8(7-10(9)14)15-11-3-1-2-4-12(11)16(17)18/h1-7,15H. The Kier molecular flexibility index (Phi) is 3.18. The van der Waals surface area contributed by atoms with Crippen LogP contribution in [-0.4, -0.2) is 4.92 Å². The molecule has 0 heterocycles. The van der Waals surface area contributed by atoms with Crippen LogP contribution in [0.2, 0.25) is 0 Å². The molecular weight excluding hydrogens is 242 g/mol. The fourth-order valence-corrected chi connectivity index (χ4v) is 1.47. The van der Waals surface area contributed by atoms with Crippen LogP contribution >= 0.6 is 0 Å². The summed E-state index contributed by atoms with van der Waals surface area (Å²) >= 11 is 0. The molecule has 0 fully saturated rings. The summed E-state index contributed by atoms with van der Waals surface area (Å²) in [5.41, 5.74) is 0.318. The first-order valence-electron chi connectivity index (χ1n) is 5.03. The van der Waals surface area contributed by atoms with Crippen LogP contribution in [0.4, 0.5) is 25.8 Å². The van der Waals surface area contributed by atoms with Crippen LogP contribution in [0.1, 0.15) is 0 Å². The molecule has 0 aliphatic heterocycles. The molecule has 2 aromatic rings. The average molecular weight is 250 g/mol. The van der Waals surface area contributed by atoms with Gasteiger partial charge in [0.1, 0.15) is 5.69 Å². The van der Waals surface area contributed by atoms with Gasteiger partial charge in [-0.2, -0.15) is 0 Å². The molecule has 0 aliphatic carbocycles. The van der Waals surface area contributed by atoms with Gasteiger partial charge in [0.05, 0.1) is 4.92 Å². The highest BCUT2D eigenvalue weighted by atomic mass is 19.2. The van der Waals surface area contributed by atoms with Gasteiger partial charge in [-0.05, 0) is 18.2 Å². The number of rotatable bonds is 3. The van der Waals surface area contributed by atoms with Crippen molar-refractivity contribution in [1.82, 2.24) is 0 Å². The topological polar surface area (TPSA) is 55.2 Å². The molecule has 0 saturated carbocycles. The summed E-state index contributed by atoms with van der Waals surface area (Å²) in [4.78, 5) is 10.2. The highest BCUT2D eigenvalue weighted by Gasteiger charge is 2.12. The molecule has 18 heavy (non-hydrogen) atoms. The summed E-state index contributed by atoms with van der Waals surface area (Å²) in [5, 5.41) is 13.4. The lowest BCUT2D eigenvalue weighted by Gasteiger charge is -2.07. The smallest absolute Gasteiger partial charge is 0.292 e. The number of halogens is 2. The highest BCUT2D eigenvalue weighted by molar-refractivity contribution is 5.69. The fraction of sp³-hybridized carbons (Fsp3) is 0. The Labute approximate surface area is 101 Å². The molecule has 0 radical (unpaired) electrons. The maximum Gasteiger partial charge on any atom is 0.292 e. The lowest BCUT2D eigenvalue weighted by Crippen LogP contribution is -1.97. The molecule has 92 valence electrons. The molecule has 0 atom stereocenters. The van der Waals surface area contributed by atoms with Crippen molar-refractivity contribution in [2.75, 3.05) is 5.32 Å². The van der Waals surface area contributed by atoms with Crippen LogP contribution in [0.25, 0.3) is 0 Å². The molecule has 2 aromatic carbocycles. The van der Waals surface area contributed by atoms with E-state index in [0.29, 0.717) is 0 Å². The number of nitro benzene ring substituents is 1. The molecule has 1 N–H and O–H groups in total. The highest BCUT2D eigenvalue weighted by Crippen LogP contribution is 2.27. The number of nitrogens with zero attached hydrogens (tertiary/aromatic N) is 1. The molecule has 4 nitrogen and oxygen atoms in total. The normalized spacial score (nSPS) is 10.1. The second-order valence-corrected chi connectivity index (χ2v) is 3.53. The molecular formula is C12H8F2N2O2. The maximum atomic E-state index is 13.0. The number of hydrogen-bond acceptors (Lipinski definition) is 3. The molecule has 0 aliphatic rings. The lowest BCUT2D eigenvalue weighted by molar-refractivity contribution is -0.383. The maximum absolute atomic E-state index is 13.0. The van der Waals surface area contributed by atoms with E-state index in [1.165, 1.54) is 24.3 Å². The summed E-state index contributed by atoms with van der Waals surface area (Å²) in [6, 6.07) is 9.12. The number of hydrogen-bond donors (Lipinski definition) is 1.